The van der Waals surface area contributed by atoms with Crippen LogP contribution >= 0.6 is 11.6 Å². The second kappa shape index (κ2) is 16.8. The predicted octanol–water partition coefficient (Wildman–Crippen LogP) is 4.86. The van der Waals surface area contributed by atoms with Crippen LogP contribution < -0.4 is 26.0 Å². The molecule has 1 atom stereocenters. The van der Waals surface area contributed by atoms with E-state index in [0.717, 1.165) is 25.5 Å². The van der Waals surface area contributed by atoms with Crippen LogP contribution in [-0.2, 0) is 29.4 Å². The lowest BCUT2D eigenvalue weighted by molar-refractivity contribution is -0.154. The Hall–Kier alpha value is -5.03. The smallest absolute Gasteiger partial charge is 0.422 e. The molecule has 284 valence electrons. The largest absolute Gasteiger partial charge is 0.467 e. The lowest BCUT2D eigenvalue weighted by Crippen LogP contribution is -2.44. The summed E-state index contributed by atoms with van der Waals surface area (Å²) in [5, 5.41) is 11.7. The van der Waals surface area contributed by atoms with E-state index in [2.05, 4.69) is 36.2 Å². The van der Waals surface area contributed by atoms with E-state index in [9.17, 15) is 32.3 Å². The minimum atomic E-state index is -4.63. The molecule has 2 aliphatic carbocycles. The summed E-state index contributed by atoms with van der Waals surface area (Å²) in [4.78, 5) is 62.5. The van der Waals surface area contributed by atoms with E-state index in [1.165, 1.54) is 24.3 Å². The first-order valence-electron chi connectivity index (χ1n) is 16.8. The molecule has 2 amide bonds. The lowest BCUT2D eigenvalue weighted by atomic mass is 9.99. The molecule has 5 rings (SSSR count). The van der Waals surface area contributed by atoms with Gasteiger partial charge < -0.3 is 35.5 Å². The molecule has 18 heteroatoms. The van der Waals surface area contributed by atoms with Gasteiger partial charge in [0.25, 0.3) is 11.8 Å². The molecule has 1 heterocycles. The third-order valence-electron chi connectivity index (χ3n) is 8.93. The number of hydrogen-bond acceptors (Lipinski definition) is 12. The molecule has 2 saturated carbocycles. The van der Waals surface area contributed by atoms with Crippen molar-refractivity contribution in [2.45, 2.75) is 62.7 Å². The molecule has 0 aliphatic heterocycles. The molecule has 1 aromatic heterocycles. The Morgan fingerprint density at radius 3 is 2.21 bits per heavy atom. The summed E-state index contributed by atoms with van der Waals surface area (Å²) in [6, 6.07) is 11.3. The van der Waals surface area contributed by atoms with Gasteiger partial charge >= 0.3 is 18.2 Å². The maximum atomic E-state index is 13.1. The third-order valence-corrected chi connectivity index (χ3v) is 9.19. The van der Waals surface area contributed by atoms with Crippen LogP contribution in [0.3, 0.4) is 0 Å². The number of halogens is 4. The van der Waals surface area contributed by atoms with Crippen molar-refractivity contribution in [3.05, 3.63) is 64.7 Å². The summed E-state index contributed by atoms with van der Waals surface area (Å²) in [7, 11) is 2.75. The first kappa shape index (κ1) is 39.2. The molecule has 14 nitrogen and oxygen atoms in total. The van der Waals surface area contributed by atoms with E-state index in [-0.39, 0.29) is 42.3 Å². The number of methoxy groups -OCH3 is 2. The average molecular weight is 762 g/mol. The van der Waals surface area contributed by atoms with Gasteiger partial charge in [-0.1, -0.05) is 23.7 Å². The number of nitrogens with one attached hydrogen (secondary N) is 4. The number of ketones is 1. The zero-order valence-corrected chi connectivity index (χ0v) is 29.7. The summed E-state index contributed by atoms with van der Waals surface area (Å²) in [6.07, 6.45) is -0.706. The number of alkyl halides is 3. The zero-order valence-electron chi connectivity index (χ0n) is 29.0. The standard InChI is InChI=1S/C35H39ClF3N7O7/c1-51-19-33(14-15-33)13-11-26(47)28(49)40-18-12-25(29(50)52-2)42-27(48)21-3-9-24(10-4-21)41-30-43-31(45-32(44-30)53-20-35(37,38)39)46-34(16-17-34)22-5-7-23(36)8-6-22/h3-10,25H,11-20H2,1-2H3,(H,40,49)(H,42,48)(H2,41,43,44,45,46)/t25-/m0/s1. The molecule has 2 fully saturated rings. The topological polar surface area (TPSA) is 183 Å². The molecule has 53 heavy (non-hydrogen) atoms. The highest BCUT2D eigenvalue weighted by atomic mass is 35.5. The van der Waals surface area contributed by atoms with E-state index < -0.39 is 53.9 Å². The normalized spacial score (nSPS) is 15.7. The van der Waals surface area contributed by atoms with Crippen molar-refractivity contribution < 1.29 is 46.6 Å². The SMILES string of the molecule is COCC1(CCC(=O)C(=O)NCC[C@H](NC(=O)c2ccc(Nc3nc(NC4(c5ccc(Cl)cc5)CC4)nc(OCC(F)(F)F)n3)cc2)C(=O)OC)CC1. The van der Waals surface area contributed by atoms with Crippen molar-refractivity contribution >= 4 is 52.8 Å². The first-order valence-corrected chi connectivity index (χ1v) is 17.2. The summed E-state index contributed by atoms with van der Waals surface area (Å²) in [5.74, 6) is -2.87. The van der Waals surface area contributed by atoms with Crippen molar-refractivity contribution in [2.75, 3.05) is 44.6 Å². The van der Waals surface area contributed by atoms with Gasteiger partial charge in [0, 0.05) is 36.3 Å². The summed E-state index contributed by atoms with van der Waals surface area (Å²) >= 11 is 6.03. The molecule has 2 aliphatic rings. The molecule has 4 N–H and O–H groups in total. The Bertz CT molecular complexity index is 1790. The van der Waals surface area contributed by atoms with Gasteiger partial charge in [-0.2, -0.15) is 28.1 Å². The van der Waals surface area contributed by atoms with Crippen molar-refractivity contribution in [1.29, 1.82) is 0 Å². The van der Waals surface area contributed by atoms with Crippen molar-refractivity contribution in [3.8, 4) is 6.01 Å². The minimum Gasteiger partial charge on any atom is -0.467 e. The van der Waals surface area contributed by atoms with Gasteiger partial charge in [0.15, 0.2) is 6.61 Å². The van der Waals surface area contributed by atoms with Crippen molar-refractivity contribution in [1.82, 2.24) is 25.6 Å². The summed E-state index contributed by atoms with van der Waals surface area (Å²) < 4.78 is 53.7. The fourth-order valence-corrected chi connectivity index (χ4v) is 5.74. The van der Waals surface area contributed by atoms with E-state index in [0.29, 0.717) is 36.6 Å². The average Bonchev–Trinajstić information content (AvgIpc) is 4.07. The molecule has 0 radical (unpaired) electrons. The minimum absolute atomic E-state index is 0.0220. The quantitative estimate of drug-likeness (QED) is 0.0963. The number of nitrogens with zero attached hydrogens (tertiary/aromatic N) is 3. The molecule has 0 spiro atoms. The molecule has 2 aromatic carbocycles. The highest BCUT2D eigenvalue weighted by Crippen LogP contribution is 2.50. The first-order chi connectivity index (χ1) is 25.2. The number of carbonyl (C=O) groups is 4. The zero-order chi connectivity index (χ0) is 38.2. The van der Waals surface area contributed by atoms with Gasteiger partial charge in [0.05, 0.1) is 19.3 Å². The molecular weight excluding hydrogens is 723 g/mol. The monoisotopic (exact) mass is 761 g/mol. The van der Waals surface area contributed by atoms with Crippen LogP contribution in [0.4, 0.5) is 30.8 Å². The van der Waals surface area contributed by atoms with Crippen LogP contribution in [0.5, 0.6) is 6.01 Å². The number of benzene rings is 2. The third kappa shape index (κ3) is 11.2. The number of carbonyl (C=O) groups excluding carboxylic acids is 4. The predicted molar refractivity (Wildman–Crippen MR) is 186 cm³/mol. The van der Waals surface area contributed by atoms with E-state index in [1.54, 1.807) is 19.2 Å². The fraction of sp³-hybridized carbons (Fsp3) is 0.457. The van der Waals surface area contributed by atoms with Crippen LogP contribution in [0.1, 0.15) is 60.9 Å². The Morgan fingerprint density at radius 1 is 0.925 bits per heavy atom. The lowest BCUT2D eigenvalue weighted by Gasteiger charge is -2.19. The number of rotatable bonds is 19. The van der Waals surface area contributed by atoms with Gasteiger partial charge in [-0.25, -0.2) is 4.79 Å². The van der Waals surface area contributed by atoms with Crippen LogP contribution in [-0.4, -0.2) is 84.7 Å². The number of Topliss-reactive ketones (excluding diaryl/α,β-unsaturated/α-hetero) is 1. The number of esters is 1. The van der Waals surface area contributed by atoms with Crippen molar-refractivity contribution in [2.24, 2.45) is 5.41 Å². The number of hydrogen-bond donors (Lipinski definition) is 4. The van der Waals surface area contributed by atoms with Gasteiger partial charge in [-0.05, 0) is 85.9 Å². The second-order valence-electron chi connectivity index (χ2n) is 13.0. The van der Waals surface area contributed by atoms with Crippen molar-refractivity contribution in [3.63, 3.8) is 0 Å². The molecule has 0 unspecified atom stereocenters. The Kier molecular flexibility index (Phi) is 12.4. The van der Waals surface area contributed by atoms with Crippen LogP contribution in [0.25, 0.3) is 0 Å². The maximum Gasteiger partial charge on any atom is 0.422 e. The Balaban J connectivity index is 1.19. The van der Waals surface area contributed by atoms with Crippen LogP contribution in [0.2, 0.25) is 5.02 Å². The summed E-state index contributed by atoms with van der Waals surface area (Å²) in [5.41, 5.74) is 0.830. The molecular formula is C35H39ClF3N7O7. The van der Waals surface area contributed by atoms with Gasteiger partial charge in [-0.15, -0.1) is 0 Å². The summed E-state index contributed by atoms with van der Waals surface area (Å²) in [6.45, 7) is -1.15. The molecule has 0 saturated heterocycles. The Labute approximate surface area is 307 Å². The fourth-order valence-electron chi connectivity index (χ4n) is 5.61. The van der Waals surface area contributed by atoms with Gasteiger partial charge in [0.1, 0.15) is 6.04 Å². The number of ether oxygens (including phenoxy) is 3. The number of aromatic nitrogens is 3. The van der Waals surface area contributed by atoms with E-state index >= 15 is 0 Å². The van der Waals surface area contributed by atoms with Crippen LogP contribution in [0, 0.1) is 5.41 Å². The van der Waals surface area contributed by atoms with E-state index in [1.807, 2.05) is 12.1 Å². The number of amides is 2. The highest BCUT2D eigenvalue weighted by molar-refractivity contribution is 6.36. The second-order valence-corrected chi connectivity index (χ2v) is 13.5. The van der Waals surface area contributed by atoms with Gasteiger partial charge in [-0.3, -0.25) is 14.4 Å². The van der Waals surface area contributed by atoms with Gasteiger partial charge in [0.2, 0.25) is 17.7 Å². The number of anilines is 3. The molecule has 3 aromatic rings. The maximum absolute atomic E-state index is 13.1. The highest BCUT2D eigenvalue weighted by Gasteiger charge is 2.45. The Morgan fingerprint density at radius 2 is 1.60 bits per heavy atom. The van der Waals surface area contributed by atoms with Crippen LogP contribution in [0.15, 0.2) is 48.5 Å². The van der Waals surface area contributed by atoms with E-state index in [4.69, 9.17) is 25.8 Å². The molecule has 0 bridgehead atoms.